The summed E-state index contributed by atoms with van der Waals surface area (Å²) in [6.45, 7) is 0.513. The Bertz CT molecular complexity index is 501. The fourth-order valence-electron chi connectivity index (χ4n) is 3.21. The Balaban J connectivity index is 0.00000176. The van der Waals surface area contributed by atoms with E-state index >= 15 is 0 Å². The normalized spacial score (nSPS) is 24.6. The van der Waals surface area contributed by atoms with Gasteiger partial charge in [-0.2, -0.15) is 8.78 Å². The number of ether oxygens (including phenoxy) is 1. The first-order chi connectivity index (χ1) is 10.1. The number of carbonyl (C=O) groups excluding carboxylic acids is 1. The number of carbonyl (C=O) groups is 1. The van der Waals surface area contributed by atoms with Crippen molar-refractivity contribution in [2.45, 2.75) is 19.5 Å². The largest absolute Gasteiger partial charge is 0.433 e. The van der Waals surface area contributed by atoms with Gasteiger partial charge >= 0.3 is 6.61 Å². The van der Waals surface area contributed by atoms with Crippen LogP contribution in [0, 0.1) is 11.8 Å². The molecule has 2 atom stereocenters. The Morgan fingerprint density at radius 2 is 1.95 bits per heavy atom. The monoisotopic (exact) mass is 352 g/mol. The molecule has 0 spiro atoms. The van der Waals surface area contributed by atoms with E-state index < -0.39 is 6.61 Å². The van der Waals surface area contributed by atoms with Gasteiger partial charge in [-0.25, -0.2) is 0 Å². The number of hydrogen-bond donors (Lipinski definition) is 1. The van der Waals surface area contributed by atoms with Crippen LogP contribution >= 0.6 is 23.7 Å². The first-order valence-corrected chi connectivity index (χ1v) is 8.05. The number of hydrogen-bond acceptors (Lipinski definition) is 4. The van der Waals surface area contributed by atoms with Crippen molar-refractivity contribution in [3.8, 4) is 5.75 Å². The van der Waals surface area contributed by atoms with Crippen molar-refractivity contribution < 1.29 is 18.3 Å². The SMILES string of the molecule is Cl.O=C(c1sccc1OC(F)F)N1CC[C@@H]2CNC[C@@H]2CC1. The molecule has 1 aromatic rings. The standard InChI is InChI=1S/C14H18F2N2O2S.ClH/c15-14(16)20-11-3-6-21-12(11)13(19)18-4-1-9-7-17-8-10(9)2-5-18;/h3,6,9-10,14,17H,1-2,4-5,7-8H2;1H/t9-,10+;. The summed E-state index contributed by atoms with van der Waals surface area (Å²) in [5.74, 6) is 1.06. The molecule has 2 aliphatic rings. The van der Waals surface area contributed by atoms with E-state index in [0.29, 0.717) is 24.9 Å². The zero-order valence-electron chi connectivity index (χ0n) is 12.0. The predicted molar refractivity (Wildman–Crippen MR) is 83.2 cm³/mol. The summed E-state index contributed by atoms with van der Waals surface area (Å²) >= 11 is 1.16. The molecule has 2 aliphatic heterocycles. The van der Waals surface area contributed by atoms with Crippen LogP contribution in [0.3, 0.4) is 0 Å². The number of likely N-dealkylation sites (tertiary alicyclic amines) is 1. The molecule has 0 bridgehead atoms. The van der Waals surface area contributed by atoms with Crippen LogP contribution in [0.4, 0.5) is 8.78 Å². The van der Waals surface area contributed by atoms with Crippen molar-refractivity contribution >= 4 is 29.7 Å². The lowest BCUT2D eigenvalue weighted by atomic mass is 9.92. The first-order valence-electron chi connectivity index (χ1n) is 7.17. The molecule has 8 heteroatoms. The van der Waals surface area contributed by atoms with Crippen LogP contribution in [-0.2, 0) is 0 Å². The van der Waals surface area contributed by atoms with Crippen molar-refractivity contribution in [2.24, 2.45) is 11.8 Å². The minimum atomic E-state index is -2.90. The van der Waals surface area contributed by atoms with Crippen LogP contribution in [0.15, 0.2) is 11.4 Å². The lowest BCUT2D eigenvalue weighted by molar-refractivity contribution is -0.0499. The maximum absolute atomic E-state index is 12.5. The van der Waals surface area contributed by atoms with E-state index in [2.05, 4.69) is 10.1 Å². The van der Waals surface area contributed by atoms with Gasteiger partial charge in [0.25, 0.3) is 5.91 Å². The lowest BCUT2D eigenvalue weighted by Crippen LogP contribution is -2.32. The molecule has 0 saturated carbocycles. The molecule has 4 nitrogen and oxygen atoms in total. The molecule has 0 aromatic carbocycles. The van der Waals surface area contributed by atoms with E-state index in [1.165, 1.54) is 6.07 Å². The van der Waals surface area contributed by atoms with Crippen molar-refractivity contribution in [3.63, 3.8) is 0 Å². The third-order valence-electron chi connectivity index (χ3n) is 4.35. The van der Waals surface area contributed by atoms with E-state index in [9.17, 15) is 13.6 Å². The van der Waals surface area contributed by atoms with Crippen molar-refractivity contribution in [1.29, 1.82) is 0 Å². The van der Waals surface area contributed by atoms with Gasteiger partial charge in [-0.3, -0.25) is 4.79 Å². The topological polar surface area (TPSA) is 41.6 Å². The number of nitrogens with zero attached hydrogens (tertiary/aromatic N) is 1. The second-order valence-corrected chi connectivity index (χ2v) is 6.46. The van der Waals surface area contributed by atoms with Gasteiger partial charge in [0.15, 0.2) is 0 Å². The summed E-state index contributed by atoms with van der Waals surface area (Å²) < 4.78 is 29.1. The molecule has 124 valence electrons. The number of rotatable bonds is 3. The zero-order valence-corrected chi connectivity index (χ0v) is 13.6. The molecule has 2 saturated heterocycles. The zero-order chi connectivity index (χ0) is 14.8. The highest BCUT2D eigenvalue weighted by Gasteiger charge is 2.32. The molecule has 0 radical (unpaired) electrons. The van der Waals surface area contributed by atoms with E-state index in [0.717, 1.165) is 37.3 Å². The number of amides is 1. The molecule has 1 aromatic heterocycles. The minimum Gasteiger partial charge on any atom is -0.433 e. The maximum Gasteiger partial charge on any atom is 0.387 e. The fourth-order valence-corrected chi connectivity index (χ4v) is 4.00. The van der Waals surface area contributed by atoms with E-state index in [1.54, 1.807) is 10.3 Å². The summed E-state index contributed by atoms with van der Waals surface area (Å²) in [4.78, 5) is 14.6. The van der Waals surface area contributed by atoms with E-state index in [-0.39, 0.29) is 28.9 Å². The van der Waals surface area contributed by atoms with Crippen LogP contribution in [0.25, 0.3) is 0 Å². The second kappa shape index (κ2) is 7.57. The Morgan fingerprint density at radius 3 is 2.55 bits per heavy atom. The second-order valence-electron chi connectivity index (χ2n) is 5.54. The molecule has 1 N–H and O–H groups in total. The number of fused-ring (bicyclic) bond motifs is 1. The third kappa shape index (κ3) is 3.70. The predicted octanol–water partition coefficient (Wildman–Crippen LogP) is 2.84. The summed E-state index contributed by atoms with van der Waals surface area (Å²) in [6.07, 6.45) is 1.94. The third-order valence-corrected chi connectivity index (χ3v) is 5.23. The molecular formula is C14H19ClF2N2O2S. The molecule has 1 amide bonds. The highest BCUT2D eigenvalue weighted by atomic mass is 35.5. The molecular weight excluding hydrogens is 334 g/mol. The quantitative estimate of drug-likeness (QED) is 0.909. The highest BCUT2D eigenvalue weighted by molar-refractivity contribution is 7.12. The van der Waals surface area contributed by atoms with Gasteiger partial charge in [0.2, 0.25) is 0 Å². The van der Waals surface area contributed by atoms with Gasteiger partial charge in [-0.15, -0.1) is 23.7 Å². The van der Waals surface area contributed by atoms with Crippen LogP contribution in [0.5, 0.6) is 5.75 Å². The van der Waals surface area contributed by atoms with Crippen LogP contribution in [0.1, 0.15) is 22.5 Å². The molecule has 22 heavy (non-hydrogen) atoms. The fraction of sp³-hybridized carbons (Fsp3) is 0.643. The number of thiophene rings is 1. The summed E-state index contributed by atoms with van der Waals surface area (Å²) in [6, 6.07) is 1.43. The van der Waals surface area contributed by atoms with Gasteiger partial charge in [0.05, 0.1) is 0 Å². The average molecular weight is 353 g/mol. The van der Waals surface area contributed by atoms with Gasteiger partial charge in [-0.05, 0) is 49.2 Å². The number of halogens is 3. The summed E-state index contributed by atoms with van der Waals surface area (Å²) in [5.41, 5.74) is 0. The molecule has 3 heterocycles. The smallest absolute Gasteiger partial charge is 0.387 e. The number of nitrogens with one attached hydrogen (secondary N) is 1. The Labute approximate surface area is 138 Å². The van der Waals surface area contributed by atoms with Gasteiger partial charge in [0, 0.05) is 13.1 Å². The van der Waals surface area contributed by atoms with Crippen molar-refractivity contribution in [2.75, 3.05) is 26.2 Å². The van der Waals surface area contributed by atoms with Crippen molar-refractivity contribution in [3.05, 3.63) is 16.3 Å². The summed E-state index contributed by atoms with van der Waals surface area (Å²) in [7, 11) is 0. The highest BCUT2D eigenvalue weighted by Crippen LogP contribution is 2.31. The van der Waals surface area contributed by atoms with E-state index in [4.69, 9.17) is 0 Å². The van der Waals surface area contributed by atoms with E-state index in [1.807, 2.05) is 0 Å². The molecule has 0 unspecified atom stereocenters. The van der Waals surface area contributed by atoms with Gasteiger partial charge in [-0.1, -0.05) is 0 Å². The van der Waals surface area contributed by atoms with Crippen molar-refractivity contribution in [1.82, 2.24) is 10.2 Å². The number of alkyl halides is 2. The first kappa shape index (κ1) is 17.4. The summed E-state index contributed by atoms with van der Waals surface area (Å²) in [5, 5.41) is 5.00. The molecule has 3 rings (SSSR count). The Hall–Kier alpha value is -0.920. The van der Waals surface area contributed by atoms with Crippen LogP contribution in [-0.4, -0.2) is 43.6 Å². The Kier molecular flexibility index (Phi) is 6.00. The van der Waals surface area contributed by atoms with Gasteiger partial charge < -0.3 is 15.0 Å². The lowest BCUT2D eigenvalue weighted by Gasteiger charge is -2.20. The minimum absolute atomic E-state index is 0. The average Bonchev–Trinajstić information content (AvgIpc) is 3.03. The van der Waals surface area contributed by atoms with Gasteiger partial charge in [0.1, 0.15) is 10.6 Å². The molecule has 0 aliphatic carbocycles. The van der Waals surface area contributed by atoms with Crippen LogP contribution < -0.4 is 10.1 Å². The maximum atomic E-state index is 12.5. The van der Waals surface area contributed by atoms with Crippen LogP contribution in [0.2, 0.25) is 0 Å². The Morgan fingerprint density at radius 1 is 1.32 bits per heavy atom. The molecule has 2 fully saturated rings.